The minimum Gasteiger partial charge on any atom is -0.462 e. The third-order valence-electron chi connectivity index (χ3n) is 16.9. The molecule has 6 heteroatoms. The Hall–Kier alpha value is -2.37. The van der Waals surface area contributed by atoms with Crippen LogP contribution in [-0.2, 0) is 28.6 Å². The predicted octanol–water partition coefficient (Wildman–Crippen LogP) is 25.5. The standard InChI is InChI=1S/C76H142O6/c1-4-7-10-13-16-19-22-25-28-31-32-33-34-35-36-37-38-39-40-41-42-43-44-46-48-51-54-57-60-63-66-69-75(78)81-72-73(71-80-74(77)68-65-62-59-56-53-50-47-30-27-24-21-18-15-12-9-6-3)82-76(79)70-67-64-61-58-55-52-49-45-29-26-23-20-17-14-11-8-5-2/h17,20,26,29,31-32,73H,4-16,18-19,21-25,27-28,30,33-72H2,1-3H3/b20-17-,29-26-,32-31-. The first-order valence-electron chi connectivity index (χ1n) is 37.0. The molecule has 1 unspecified atom stereocenters. The lowest BCUT2D eigenvalue weighted by Gasteiger charge is -2.18. The van der Waals surface area contributed by atoms with Crippen molar-refractivity contribution < 1.29 is 28.6 Å². The van der Waals surface area contributed by atoms with E-state index in [1.54, 1.807) is 0 Å². The number of esters is 3. The van der Waals surface area contributed by atoms with Gasteiger partial charge in [-0.1, -0.05) is 353 Å². The summed E-state index contributed by atoms with van der Waals surface area (Å²) in [5, 5.41) is 0. The topological polar surface area (TPSA) is 78.9 Å². The van der Waals surface area contributed by atoms with Crippen LogP contribution in [0, 0.1) is 0 Å². The molecule has 0 amide bonds. The molecule has 0 rings (SSSR count). The first-order chi connectivity index (χ1) is 40.5. The SMILES string of the molecule is CCCCC/C=C\C/C=C\CCCCCCCCCC(=O)OC(COC(=O)CCCCCCCCCCCCCCCCCC)COC(=O)CCCCCCCCCCCCCCCCCCCCC/C=C\CCCCCCCCCC. The molecule has 0 saturated carbocycles. The van der Waals surface area contributed by atoms with Gasteiger partial charge in [0.15, 0.2) is 6.10 Å². The van der Waals surface area contributed by atoms with Crippen molar-refractivity contribution in [3.8, 4) is 0 Å². The summed E-state index contributed by atoms with van der Waals surface area (Å²) in [7, 11) is 0. The highest BCUT2D eigenvalue weighted by atomic mass is 16.6. The number of hydrogen-bond donors (Lipinski definition) is 0. The van der Waals surface area contributed by atoms with Crippen LogP contribution >= 0.6 is 0 Å². The van der Waals surface area contributed by atoms with Crippen molar-refractivity contribution in [3.05, 3.63) is 36.5 Å². The lowest BCUT2D eigenvalue weighted by Crippen LogP contribution is -2.30. The highest BCUT2D eigenvalue weighted by molar-refractivity contribution is 5.71. The van der Waals surface area contributed by atoms with Gasteiger partial charge in [0.25, 0.3) is 0 Å². The van der Waals surface area contributed by atoms with E-state index in [0.717, 1.165) is 70.6 Å². The first-order valence-corrected chi connectivity index (χ1v) is 37.0. The number of rotatable bonds is 69. The Morgan fingerprint density at radius 1 is 0.244 bits per heavy atom. The summed E-state index contributed by atoms with van der Waals surface area (Å²) in [5.74, 6) is -0.846. The first kappa shape index (κ1) is 79.6. The zero-order valence-corrected chi connectivity index (χ0v) is 55.5. The molecule has 0 aliphatic heterocycles. The summed E-state index contributed by atoms with van der Waals surface area (Å²) >= 11 is 0. The maximum atomic E-state index is 12.9. The molecule has 0 fully saturated rings. The molecule has 0 aliphatic rings. The average molecular weight is 1150 g/mol. The van der Waals surface area contributed by atoms with E-state index >= 15 is 0 Å². The summed E-state index contributed by atoms with van der Waals surface area (Å²) in [5.41, 5.74) is 0. The fourth-order valence-corrected chi connectivity index (χ4v) is 11.3. The fourth-order valence-electron chi connectivity index (χ4n) is 11.3. The van der Waals surface area contributed by atoms with Crippen molar-refractivity contribution >= 4 is 17.9 Å². The van der Waals surface area contributed by atoms with Crippen LogP contribution in [0.2, 0.25) is 0 Å². The summed E-state index contributed by atoms with van der Waals surface area (Å²) in [4.78, 5) is 38.5. The Bertz CT molecular complexity index is 1370. The van der Waals surface area contributed by atoms with Crippen LogP contribution in [0.15, 0.2) is 36.5 Å². The fraction of sp³-hybridized carbons (Fsp3) is 0.882. The molecule has 0 aromatic carbocycles. The van der Waals surface area contributed by atoms with Gasteiger partial charge in [-0.3, -0.25) is 14.4 Å². The zero-order chi connectivity index (χ0) is 59.2. The molecule has 0 aromatic rings. The maximum Gasteiger partial charge on any atom is 0.306 e. The minimum absolute atomic E-state index is 0.0695. The second kappa shape index (κ2) is 71.1. The smallest absolute Gasteiger partial charge is 0.306 e. The predicted molar refractivity (Wildman–Crippen MR) is 358 cm³/mol. The molecule has 0 heterocycles. The van der Waals surface area contributed by atoms with Gasteiger partial charge in [-0.2, -0.15) is 0 Å². The van der Waals surface area contributed by atoms with Gasteiger partial charge < -0.3 is 14.2 Å². The van der Waals surface area contributed by atoms with E-state index in [4.69, 9.17) is 14.2 Å². The van der Waals surface area contributed by atoms with Crippen molar-refractivity contribution in [3.63, 3.8) is 0 Å². The van der Waals surface area contributed by atoms with Crippen LogP contribution in [0.4, 0.5) is 0 Å². The van der Waals surface area contributed by atoms with Crippen molar-refractivity contribution in [1.82, 2.24) is 0 Å². The van der Waals surface area contributed by atoms with Gasteiger partial charge in [0, 0.05) is 19.3 Å². The number of carbonyl (C=O) groups is 3. The highest BCUT2D eigenvalue weighted by Crippen LogP contribution is 2.19. The van der Waals surface area contributed by atoms with Crippen molar-refractivity contribution in [2.24, 2.45) is 0 Å². The summed E-state index contributed by atoms with van der Waals surface area (Å²) in [6.07, 6.45) is 89.0. The van der Waals surface area contributed by atoms with E-state index in [2.05, 4.69) is 57.2 Å². The highest BCUT2D eigenvalue weighted by Gasteiger charge is 2.19. The van der Waals surface area contributed by atoms with Gasteiger partial charge in [-0.15, -0.1) is 0 Å². The number of hydrogen-bond acceptors (Lipinski definition) is 6. The lowest BCUT2D eigenvalue weighted by atomic mass is 10.0. The minimum atomic E-state index is -0.774. The third kappa shape index (κ3) is 68.4. The van der Waals surface area contributed by atoms with Crippen LogP contribution in [-0.4, -0.2) is 37.2 Å². The Labute approximate surface area is 512 Å². The van der Waals surface area contributed by atoms with E-state index < -0.39 is 6.10 Å². The van der Waals surface area contributed by atoms with Crippen LogP contribution in [0.25, 0.3) is 0 Å². The van der Waals surface area contributed by atoms with E-state index in [1.165, 1.54) is 302 Å². The molecule has 0 spiro atoms. The van der Waals surface area contributed by atoms with E-state index in [1.807, 2.05) is 0 Å². The second-order valence-corrected chi connectivity index (χ2v) is 25.2. The van der Waals surface area contributed by atoms with Gasteiger partial charge in [-0.05, 0) is 77.0 Å². The molecule has 0 saturated heterocycles. The molecular formula is C76H142O6. The second-order valence-electron chi connectivity index (χ2n) is 25.2. The Morgan fingerprint density at radius 2 is 0.439 bits per heavy atom. The Balaban J connectivity index is 4.17. The molecule has 0 aromatic heterocycles. The van der Waals surface area contributed by atoms with E-state index in [9.17, 15) is 14.4 Å². The monoisotopic (exact) mass is 1150 g/mol. The molecule has 1 atom stereocenters. The van der Waals surface area contributed by atoms with Crippen LogP contribution < -0.4 is 0 Å². The molecule has 82 heavy (non-hydrogen) atoms. The normalized spacial score (nSPS) is 12.2. The van der Waals surface area contributed by atoms with E-state index in [0.29, 0.717) is 19.3 Å². The molecular weight excluding hydrogens is 1010 g/mol. The van der Waals surface area contributed by atoms with Crippen LogP contribution in [0.1, 0.15) is 412 Å². The van der Waals surface area contributed by atoms with Crippen molar-refractivity contribution in [1.29, 1.82) is 0 Å². The van der Waals surface area contributed by atoms with Gasteiger partial charge in [0.05, 0.1) is 0 Å². The number of carbonyl (C=O) groups excluding carboxylic acids is 3. The summed E-state index contributed by atoms with van der Waals surface area (Å²) < 4.78 is 17.0. The third-order valence-corrected chi connectivity index (χ3v) is 16.9. The van der Waals surface area contributed by atoms with Gasteiger partial charge >= 0.3 is 17.9 Å². The lowest BCUT2D eigenvalue weighted by molar-refractivity contribution is -0.167. The maximum absolute atomic E-state index is 12.9. The Kier molecular flexibility index (Phi) is 69.1. The van der Waals surface area contributed by atoms with Crippen molar-refractivity contribution in [2.75, 3.05) is 13.2 Å². The zero-order valence-electron chi connectivity index (χ0n) is 55.5. The van der Waals surface area contributed by atoms with Crippen LogP contribution in [0.3, 0.4) is 0 Å². The average Bonchev–Trinajstić information content (AvgIpc) is 3.47. The summed E-state index contributed by atoms with van der Waals surface area (Å²) in [6.45, 7) is 6.69. The molecule has 0 bridgehead atoms. The van der Waals surface area contributed by atoms with Gasteiger partial charge in [0.2, 0.25) is 0 Å². The molecule has 0 radical (unpaired) electrons. The van der Waals surface area contributed by atoms with E-state index in [-0.39, 0.29) is 31.1 Å². The van der Waals surface area contributed by atoms with Gasteiger partial charge in [0.1, 0.15) is 13.2 Å². The van der Waals surface area contributed by atoms with Crippen molar-refractivity contribution in [2.45, 2.75) is 419 Å². The number of ether oxygens (including phenoxy) is 3. The number of unbranched alkanes of at least 4 members (excludes halogenated alkanes) is 52. The largest absolute Gasteiger partial charge is 0.462 e. The Morgan fingerprint density at radius 3 is 0.707 bits per heavy atom. The molecule has 0 N–H and O–H groups in total. The van der Waals surface area contributed by atoms with Gasteiger partial charge in [-0.25, -0.2) is 0 Å². The summed E-state index contributed by atoms with van der Waals surface area (Å²) in [6, 6.07) is 0. The molecule has 0 aliphatic carbocycles. The quantitative estimate of drug-likeness (QED) is 0.0261. The van der Waals surface area contributed by atoms with Crippen LogP contribution in [0.5, 0.6) is 0 Å². The molecule has 6 nitrogen and oxygen atoms in total. The number of allylic oxidation sites excluding steroid dienone is 6. The molecule has 482 valence electrons.